The van der Waals surface area contributed by atoms with Crippen LogP contribution in [0.4, 0.5) is 18.9 Å². The van der Waals surface area contributed by atoms with Gasteiger partial charge in [0, 0.05) is 30.2 Å². The van der Waals surface area contributed by atoms with E-state index in [1.165, 1.54) is 6.07 Å². The SMILES string of the molecule is C[C@@H](CN1C[C@@]23C[C@@H]1C[C@@]2(N)c1c(C(F)(F)F)ccc(N)c13)OCc1ccccc1. The number of alkyl halides is 3. The molecule has 4 nitrogen and oxygen atoms in total. The van der Waals surface area contributed by atoms with Crippen molar-refractivity contribution in [3.8, 4) is 0 Å². The average Bonchev–Trinajstić information content (AvgIpc) is 3.16. The zero-order valence-electron chi connectivity index (χ0n) is 16.9. The van der Waals surface area contributed by atoms with Crippen molar-refractivity contribution in [1.82, 2.24) is 4.90 Å². The number of halogens is 3. The predicted octanol–water partition coefficient (Wildman–Crippen LogP) is 3.78. The van der Waals surface area contributed by atoms with E-state index in [2.05, 4.69) is 4.90 Å². The van der Waals surface area contributed by atoms with Gasteiger partial charge >= 0.3 is 6.18 Å². The molecule has 1 spiro atoms. The van der Waals surface area contributed by atoms with Crippen molar-refractivity contribution >= 4 is 5.69 Å². The molecule has 2 fully saturated rings. The number of rotatable bonds is 5. The number of benzene rings is 2. The van der Waals surface area contributed by atoms with Crippen LogP contribution < -0.4 is 11.5 Å². The first kappa shape index (κ1) is 19.8. The zero-order chi connectivity index (χ0) is 21.3. The lowest BCUT2D eigenvalue weighted by Crippen LogP contribution is -2.67. The van der Waals surface area contributed by atoms with Gasteiger partial charge in [-0.05, 0) is 48.6 Å². The maximum atomic E-state index is 13.6. The normalized spacial score (nSPS) is 30.6. The summed E-state index contributed by atoms with van der Waals surface area (Å²) in [5.41, 5.74) is 13.2. The van der Waals surface area contributed by atoms with Crippen molar-refractivity contribution < 1.29 is 17.9 Å². The van der Waals surface area contributed by atoms with Crippen molar-refractivity contribution in [3.05, 3.63) is 64.7 Å². The number of piperidine rings is 1. The number of nitrogens with two attached hydrogens (primary N) is 2. The number of nitrogens with zero attached hydrogens (tertiary/aromatic N) is 1. The number of ether oxygens (including phenoxy) is 1. The molecule has 1 heterocycles. The van der Waals surface area contributed by atoms with Crippen molar-refractivity contribution in [2.24, 2.45) is 5.73 Å². The first-order valence-electron chi connectivity index (χ1n) is 10.3. The van der Waals surface area contributed by atoms with Crippen LogP contribution >= 0.6 is 0 Å². The van der Waals surface area contributed by atoms with Crippen LogP contribution in [0.3, 0.4) is 0 Å². The van der Waals surface area contributed by atoms with E-state index in [0.29, 0.717) is 30.8 Å². The van der Waals surface area contributed by atoms with Gasteiger partial charge in [-0.1, -0.05) is 30.3 Å². The summed E-state index contributed by atoms with van der Waals surface area (Å²) in [4.78, 5) is 2.32. The fourth-order valence-corrected chi connectivity index (χ4v) is 6.09. The van der Waals surface area contributed by atoms with E-state index < -0.39 is 22.7 Å². The van der Waals surface area contributed by atoms with Crippen LogP contribution in [0.15, 0.2) is 42.5 Å². The van der Waals surface area contributed by atoms with Gasteiger partial charge in [0.15, 0.2) is 0 Å². The second-order valence-corrected chi connectivity index (χ2v) is 9.10. The van der Waals surface area contributed by atoms with Crippen LogP contribution in [0.1, 0.15) is 42.0 Å². The summed E-state index contributed by atoms with van der Waals surface area (Å²) in [6.07, 6.45) is -3.13. The van der Waals surface area contributed by atoms with E-state index in [9.17, 15) is 13.2 Å². The van der Waals surface area contributed by atoms with Crippen molar-refractivity contribution in [1.29, 1.82) is 0 Å². The monoisotopic (exact) mass is 417 g/mol. The highest BCUT2D eigenvalue weighted by atomic mass is 19.4. The third-order valence-electron chi connectivity index (χ3n) is 7.32. The molecule has 2 aromatic carbocycles. The lowest BCUT2D eigenvalue weighted by atomic mass is 9.51. The molecule has 7 heteroatoms. The van der Waals surface area contributed by atoms with Gasteiger partial charge in [-0.3, -0.25) is 4.90 Å². The first-order valence-corrected chi connectivity index (χ1v) is 10.3. The zero-order valence-corrected chi connectivity index (χ0v) is 16.9. The highest BCUT2D eigenvalue weighted by molar-refractivity contribution is 5.71. The van der Waals surface area contributed by atoms with E-state index in [1.54, 1.807) is 0 Å². The first-order chi connectivity index (χ1) is 14.2. The van der Waals surface area contributed by atoms with E-state index in [4.69, 9.17) is 16.2 Å². The Morgan fingerprint density at radius 3 is 2.57 bits per heavy atom. The molecule has 2 aromatic rings. The van der Waals surface area contributed by atoms with Gasteiger partial charge in [0.2, 0.25) is 0 Å². The van der Waals surface area contributed by atoms with E-state index >= 15 is 0 Å². The Bertz CT molecular complexity index is 980. The Labute approximate surface area is 174 Å². The lowest BCUT2D eigenvalue weighted by Gasteiger charge is -2.58. The standard InChI is InChI=1S/C23H26F3N3O/c1-14(30-12-15-5-3-2-4-6-15)11-29-13-21-9-16(29)10-22(21,28)19-17(23(24,25)26)7-8-18(27)20(19)21/h2-8,14,16H,9-13,27-28H2,1H3/t14-,16+,21+,22+/m0/s1. The summed E-state index contributed by atoms with van der Waals surface area (Å²) in [5, 5.41) is 0. The molecule has 160 valence electrons. The van der Waals surface area contributed by atoms with E-state index in [0.717, 1.165) is 24.6 Å². The molecule has 2 aliphatic carbocycles. The topological polar surface area (TPSA) is 64.5 Å². The smallest absolute Gasteiger partial charge is 0.398 e. The number of hydrogen-bond donors (Lipinski definition) is 2. The van der Waals surface area contributed by atoms with Crippen molar-refractivity contribution in [2.45, 2.75) is 55.6 Å². The summed E-state index contributed by atoms with van der Waals surface area (Å²) in [6, 6.07) is 12.6. The molecule has 0 unspecified atom stereocenters. The average molecular weight is 417 g/mol. The Morgan fingerprint density at radius 1 is 1.13 bits per heavy atom. The molecular formula is C23H26F3N3O. The summed E-state index contributed by atoms with van der Waals surface area (Å²) < 4.78 is 46.8. The van der Waals surface area contributed by atoms with Crippen molar-refractivity contribution in [2.75, 3.05) is 18.8 Å². The van der Waals surface area contributed by atoms with Crippen molar-refractivity contribution in [3.63, 3.8) is 0 Å². The summed E-state index contributed by atoms with van der Waals surface area (Å²) in [5.74, 6) is 0. The van der Waals surface area contributed by atoms with Crippen LogP contribution in [-0.2, 0) is 28.5 Å². The molecule has 0 aromatic heterocycles. The van der Waals surface area contributed by atoms with Gasteiger partial charge in [-0.2, -0.15) is 13.2 Å². The van der Waals surface area contributed by atoms with E-state index in [-0.39, 0.29) is 17.7 Å². The summed E-state index contributed by atoms with van der Waals surface area (Å²) in [6.45, 7) is 3.93. The largest absolute Gasteiger partial charge is 0.416 e. The van der Waals surface area contributed by atoms with Crippen LogP contribution in [0.25, 0.3) is 0 Å². The predicted molar refractivity (Wildman–Crippen MR) is 109 cm³/mol. The molecule has 1 saturated heterocycles. The molecule has 4 atom stereocenters. The molecule has 2 bridgehead atoms. The minimum absolute atomic E-state index is 0.00605. The van der Waals surface area contributed by atoms with Crippen LogP contribution in [0, 0.1) is 0 Å². The maximum absolute atomic E-state index is 13.6. The number of likely N-dealkylation sites (tertiary alicyclic amines) is 1. The second kappa shape index (κ2) is 6.45. The summed E-state index contributed by atoms with van der Waals surface area (Å²) in [7, 11) is 0. The Kier molecular flexibility index (Phi) is 4.27. The number of nitrogen functional groups attached to an aromatic ring is 1. The Morgan fingerprint density at radius 2 is 1.87 bits per heavy atom. The summed E-state index contributed by atoms with van der Waals surface area (Å²) >= 11 is 0. The molecule has 1 aliphatic heterocycles. The third kappa shape index (κ3) is 2.65. The number of fused-ring (bicyclic) bond motifs is 3. The van der Waals surface area contributed by atoms with Gasteiger partial charge < -0.3 is 16.2 Å². The molecule has 0 radical (unpaired) electrons. The molecule has 30 heavy (non-hydrogen) atoms. The van der Waals surface area contributed by atoms with E-state index in [1.807, 2.05) is 37.3 Å². The highest BCUT2D eigenvalue weighted by Gasteiger charge is 2.73. The molecule has 4 N–H and O–H groups in total. The molecule has 3 aliphatic rings. The fourth-order valence-electron chi connectivity index (χ4n) is 6.09. The second-order valence-electron chi connectivity index (χ2n) is 9.10. The third-order valence-corrected chi connectivity index (χ3v) is 7.32. The van der Waals surface area contributed by atoms with Gasteiger partial charge in [0.1, 0.15) is 0 Å². The Hall–Kier alpha value is -2.09. The van der Waals surface area contributed by atoms with Crippen LogP contribution in [-0.4, -0.2) is 30.1 Å². The number of anilines is 1. The molecule has 1 saturated carbocycles. The van der Waals surface area contributed by atoms with Crippen LogP contribution in [0.2, 0.25) is 0 Å². The maximum Gasteiger partial charge on any atom is 0.416 e. The fraction of sp³-hybridized carbons (Fsp3) is 0.478. The molecular weight excluding hydrogens is 391 g/mol. The van der Waals surface area contributed by atoms with Gasteiger partial charge in [0.25, 0.3) is 0 Å². The number of hydrogen-bond acceptors (Lipinski definition) is 4. The minimum atomic E-state index is -4.42. The van der Waals surface area contributed by atoms with Gasteiger partial charge in [-0.15, -0.1) is 0 Å². The lowest BCUT2D eigenvalue weighted by molar-refractivity contribution is -0.140. The highest BCUT2D eigenvalue weighted by Crippen LogP contribution is 2.69. The minimum Gasteiger partial charge on any atom is -0.398 e. The van der Waals surface area contributed by atoms with Crippen LogP contribution in [0.5, 0.6) is 0 Å². The molecule has 0 amide bonds. The van der Waals surface area contributed by atoms with Gasteiger partial charge in [-0.25, -0.2) is 0 Å². The molecule has 5 rings (SSSR count). The Balaban J connectivity index is 1.35. The quantitative estimate of drug-likeness (QED) is 0.727. The van der Waals surface area contributed by atoms with Gasteiger partial charge in [0.05, 0.1) is 23.8 Å².